The molecule has 1 spiro atoms. The van der Waals surface area contributed by atoms with E-state index < -0.39 is 0 Å². The normalized spacial score (nSPS) is 23.6. The van der Waals surface area contributed by atoms with Gasteiger partial charge in [0.25, 0.3) is 0 Å². The van der Waals surface area contributed by atoms with Crippen molar-refractivity contribution in [1.29, 1.82) is 10.5 Å². The molecule has 3 aliphatic carbocycles. The average Bonchev–Trinajstić information content (AvgIpc) is 2.94. The predicted molar refractivity (Wildman–Crippen MR) is 119 cm³/mol. The van der Waals surface area contributed by atoms with Crippen molar-refractivity contribution in [2.45, 2.75) is 44.9 Å². The first-order valence-corrected chi connectivity index (χ1v) is 10.7. The third-order valence-corrected chi connectivity index (χ3v) is 6.93. The van der Waals surface area contributed by atoms with E-state index in [1.807, 2.05) is 24.3 Å². The van der Waals surface area contributed by atoms with Gasteiger partial charge in [0, 0.05) is 11.0 Å². The second kappa shape index (κ2) is 7.43. The highest BCUT2D eigenvalue weighted by atomic mass is 14.8. The molecule has 0 fully saturated rings. The number of benzene rings is 2. The van der Waals surface area contributed by atoms with Crippen LogP contribution in [0, 0.1) is 28.2 Å². The van der Waals surface area contributed by atoms with Crippen LogP contribution in [0.4, 0.5) is 0 Å². The molecule has 5 rings (SSSR count). The molecule has 0 heterocycles. The van der Waals surface area contributed by atoms with Crippen LogP contribution in [-0.2, 0) is 6.42 Å². The first-order valence-electron chi connectivity index (χ1n) is 10.7. The highest BCUT2D eigenvalue weighted by molar-refractivity contribution is 6.10. The number of aliphatic imine (C=N–C) groups is 1. The maximum Gasteiger partial charge on any atom is 0.205 e. The van der Waals surface area contributed by atoms with Crippen LogP contribution in [0.2, 0.25) is 0 Å². The van der Waals surface area contributed by atoms with Gasteiger partial charge in [0.15, 0.2) is 0 Å². The van der Waals surface area contributed by atoms with Gasteiger partial charge in [-0.1, -0.05) is 42.0 Å². The molecule has 0 saturated carbocycles. The molecule has 2 aromatic carbocycles. The fourth-order valence-corrected chi connectivity index (χ4v) is 5.54. The van der Waals surface area contributed by atoms with E-state index in [1.54, 1.807) is 5.57 Å². The second-order valence-electron chi connectivity index (χ2n) is 8.68. The van der Waals surface area contributed by atoms with Gasteiger partial charge in [-0.2, -0.15) is 15.5 Å². The van der Waals surface area contributed by atoms with Gasteiger partial charge in [-0.25, -0.2) is 0 Å². The molecule has 146 valence electrons. The predicted octanol–water partition coefficient (Wildman–Crippen LogP) is 6.26. The van der Waals surface area contributed by atoms with E-state index in [0.717, 1.165) is 54.5 Å². The topological polar surface area (TPSA) is 59.9 Å². The summed E-state index contributed by atoms with van der Waals surface area (Å²) in [7, 11) is 0. The lowest BCUT2D eigenvalue weighted by Crippen LogP contribution is -2.28. The van der Waals surface area contributed by atoms with E-state index in [-0.39, 0.29) is 5.41 Å². The molecule has 0 aliphatic heterocycles. The number of allylic oxidation sites excluding steroid dienone is 4. The quantitative estimate of drug-likeness (QED) is 0.541. The van der Waals surface area contributed by atoms with Crippen LogP contribution in [0.25, 0.3) is 11.1 Å². The van der Waals surface area contributed by atoms with Crippen LogP contribution in [-0.4, -0.2) is 5.71 Å². The van der Waals surface area contributed by atoms with Gasteiger partial charge in [-0.05, 0) is 85.4 Å². The molecule has 30 heavy (non-hydrogen) atoms. The molecular weight excluding hydrogens is 366 g/mol. The number of rotatable bonds is 1. The van der Waals surface area contributed by atoms with Gasteiger partial charge in [0.05, 0.1) is 17.3 Å². The Bertz CT molecular complexity index is 1200. The second-order valence-corrected chi connectivity index (χ2v) is 8.68. The zero-order valence-corrected chi connectivity index (χ0v) is 17.0. The van der Waals surface area contributed by atoms with E-state index in [2.05, 4.69) is 47.6 Å². The Morgan fingerprint density at radius 3 is 2.73 bits per heavy atom. The maximum absolute atomic E-state index is 9.52. The van der Waals surface area contributed by atoms with Crippen molar-refractivity contribution in [3.63, 3.8) is 0 Å². The largest absolute Gasteiger partial charge is 0.205 e. The fourth-order valence-electron chi connectivity index (χ4n) is 5.54. The molecule has 3 aliphatic rings. The summed E-state index contributed by atoms with van der Waals surface area (Å²) in [5.41, 5.74) is 9.11. The lowest BCUT2D eigenvalue weighted by molar-refractivity contribution is 0.392. The first-order chi connectivity index (χ1) is 14.7. The van der Waals surface area contributed by atoms with E-state index in [9.17, 15) is 10.5 Å². The number of hydrogen-bond acceptors (Lipinski definition) is 3. The molecule has 0 aromatic heterocycles. The Balaban J connectivity index is 1.59. The number of nitriles is 2. The van der Waals surface area contributed by atoms with Crippen LogP contribution in [0.5, 0.6) is 0 Å². The van der Waals surface area contributed by atoms with E-state index >= 15 is 0 Å². The molecule has 0 amide bonds. The summed E-state index contributed by atoms with van der Waals surface area (Å²) >= 11 is 0. The van der Waals surface area contributed by atoms with Gasteiger partial charge in [-0.3, -0.25) is 0 Å². The van der Waals surface area contributed by atoms with Gasteiger partial charge >= 0.3 is 0 Å². The van der Waals surface area contributed by atoms with Crippen LogP contribution in [0.15, 0.2) is 70.8 Å². The molecule has 1 unspecified atom stereocenters. The first kappa shape index (κ1) is 18.6. The van der Waals surface area contributed by atoms with Crippen LogP contribution in [0.1, 0.15) is 55.2 Å². The van der Waals surface area contributed by atoms with Crippen LogP contribution >= 0.6 is 0 Å². The van der Waals surface area contributed by atoms with Gasteiger partial charge in [-0.15, -0.1) is 0 Å². The minimum Gasteiger partial charge on any atom is -0.192 e. The zero-order chi connectivity index (χ0) is 20.6. The molecule has 3 heteroatoms. The molecule has 0 N–H and O–H groups in total. The van der Waals surface area contributed by atoms with Crippen LogP contribution in [0.3, 0.4) is 0 Å². The standard InChI is InChI=1S/C27H23N3/c28-17-19-5-3-8-21(13-19)22-10-11-24-16-27(26(30-18-29)25(24)14-22)12-4-9-20-6-1-2-7-23(20)15-27/h2-3,5,7-8,10-11,13-14H,1,4,6,9,12,15-16H2/b30-26-. The smallest absolute Gasteiger partial charge is 0.192 e. The monoisotopic (exact) mass is 389 g/mol. The van der Waals surface area contributed by atoms with Crippen molar-refractivity contribution >= 4 is 5.71 Å². The summed E-state index contributed by atoms with van der Waals surface area (Å²) in [5, 5.41) is 18.8. The summed E-state index contributed by atoms with van der Waals surface area (Å²) in [4.78, 5) is 4.41. The van der Waals surface area contributed by atoms with E-state index in [4.69, 9.17) is 0 Å². The molecular formula is C27H23N3. The molecule has 2 aromatic rings. The zero-order valence-electron chi connectivity index (χ0n) is 17.0. The molecule has 0 bridgehead atoms. The Morgan fingerprint density at radius 2 is 1.87 bits per heavy atom. The van der Waals surface area contributed by atoms with Crippen molar-refractivity contribution in [2.75, 3.05) is 0 Å². The lowest BCUT2D eigenvalue weighted by Gasteiger charge is -2.29. The lowest BCUT2D eigenvalue weighted by atomic mass is 9.74. The van der Waals surface area contributed by atoms with E-state index in [0.29, 0.717) is 5.56 Å². The number of hydrogen-bond donors (Lipinski definition) is 0. The average molecular weight is 390 g/mol. The van der Waals surface area contributed by atoms with Gasteiger partial charge in [0.2, 0.25) is 6.19 Å². The SMILES string of the molecule is N#C/N=C1/c2cc(-c3cccc(C#N)c3)ccc2CC12CCCC1=C(C=CCC1)C2. The Morgan fingerprint density at radius 1 is 0.967 bits per heavy atom. The summed E-state index contributed by atoms with van der Waals surface area (Å²) < 4.78 is 0. The number of fused-ring (bicyclic) bond motifs is 1. The molecule has 3 nitrogen and oxygen atoms in total. The summed E-state index contributed by atoms with van der Waals surface area (Å²) in [6.45, 7) is 0. The summed E-state index contributed by atoms with van der Waals surface area (Å²) in [5.74, 6) is 0. The third-order valence-electron chi connectivity index (χ3n) is 6.93. The van der Waals surface area contributed by atoms with Gasteiger partial charge < -0.3 is 0 Å². The van der Waals surface area contributed by atoms with Crippen molar-refractivity contribution in [2.24, 2.45) is 10.4 Å². The van der Waals surface area contributed by atoms with Crippen LogP contribution < -0.4 is 0 Å². The van der Waals surface area contributed by atoms with Crippen molar-refractivity contribution in [1.82, 2.24) is 0 Å². The number of nitrogens with zero attached hydrogens (tertiary/aromatic N) is 3. The molecule has 0 saturated heterocycles. The molecule has 1 atom stereocenters. The summed E-state index contributed by atoms with van der Waals surface area (Å²) in [6, 6.07) is 16.4. The highest BCUT2D eigenvalue weighted by Crippen LogP contribution is 2.50. The Kier molecular flexibility index (Phi) is 4.61. The van der Waals surface area contributed by atoms with Crippen molar-refractivity contribution in [3.05, 3.63) is 82.5 Å². The maximum atomic E-state index is 9.52. The Labute approximate surface area is 177 Å². The summed E-state index contributed by atoms with van der Waals surface area (Å²) in [6.07, 6.45) is 14.4. The minimum atomic E-state index is -0.0794. The van der Waals surface area contributed by atoms with E-state index in [1.165, 1.54) is 24.0 Å². The third kappa shape index (κ3) is 3.08. The molecule has 0 radical (unpaired) electrons. The highest BCUT2D eigenvalue weighted by Gasteiger charge is 2.44. The Hall–Kier alpha value is -3.43. The van der Waals surface area contributed by atoms with Crippen molar-refractivity contribution < 1.29 is 0 Å². The van der Waals surface area contributed by atoms with Gasteiger partial charge in [0.1, 0.15) is 0 Å². The van der Waals surface area contributed by atoms with Crippen molar-refractivity contribution in [3.8, 4) is 23.4 Å². The fraction of sp³-hybridized carbons (Fsp3) is 0.296. The minimum absolute atomic E-state index is 0.0794.